The molecule has 0 aliphatic rings. The number of carbonyl (C=O) groups is 2. The zero-order valence-electron chi connectivity index (χ0n) is 31.0. The van der Waals surface area contributed by atoms with E-state index in [2.05, 4.69) is 97.4 Å². The Kier molecular flexibility index (Phi) is 34.0. The summed E-state index contributed by atoms with van der Waals surface area (Å²) in [6, 6.07) is 0. The van der Waals surface area contributed by atoms with Crippen LogP contribution in [0.15, 0.2) is 85.1 Å². The standard InChI is InChI=1S/C41H67O8P/c1-3-5-7-9-11-13-15-17-19-20-22-23-25-27-29-31-33-35-40(42)47-37-39(38-48-50(44,45)46)49-41(43)36-34-32-30-28-26-24-21-18-16-14-12-10-8-6-4-2/h6,8,12,14,17-19,21-23,26-29,39H,3-5,7,9-11,13,15-16,20,24-25,30-38H2,1-2H3,(H2,44,45,46)/b8-6+,14-12+,19-17+,21-18+,23-22+,28-26+,29-27+/t39-/m1/s1. The topological polar surface area (TPSA) is 119 Å². The van der Waals surface area contributed by atoms with Gasteiger partial charge in [-0.15, -0.1) is 0 Å². The normalized spacial score (nSPS) is 13.4. The van der Waals surface area contributed by atoms with E-state index in [1.165, 1.54) is 38.5 Å². The highest BCUT2D eigenvalue weighted by Crippen LogP contribution is 2.35. The Bertz CT molecular complexity index is 1080. The molecular weight excluding hydrogens is 651 g/mol. The molecule has 50 heavy (non-hydrogen) atoms. The number of phosphoric ester groups is 1. The average Bonchev–Trinajstić information content (AvgIpc) is 3.08. The van der Waals surface area contributed by atoms with Crippen LogP contribution in [0.1, 0.15) is 142 Å². The summed E-state index contributed by atoms with van der Waals surface area (Å²) in [5.41, 5.74) is 0. The molecule has 0 bridgehead atoms. The van der Waals surface area contributed by atoms with E-state index in [9.17, 15) is 14.2 Å². The molecule has 0 saturated heterocycles. The molecule has 0 aliphatic carbocycles. The van der Waals surface area contributed by atoms with Crippen LogP contribution in [-0.4, -0.2) is 41.0 Å². The number of ether oxygens (including phenoxy) is 2. The summed E-state index contributed by atoms with van der Waals surface area (Å²) in [5, 5.41) is 0. The lowest BCUT2D eigenvalue weighted by molar-refractivity contribution is -0.161. The second-order valence-electron chi connectivity index (χ2n) is 12.2. The van der Waals surface area contributed by atoms with Crippen molar-refractivity contribution in [3.8, 4) is 0 Å². The molecule has 0 radical (unpaired) electrons. The molecule has 1 atom stereocenters. The van der Waals surface area contributed by atoms with Crippen LogP contribution < -0.4 is 0 Å². The van der Waals surface area contributed by atoms with Crippen LogP contribution in [0.4, 0.5) is 0 Å². The van der Waals surface area contributed by atoms with Gasteiger partial charge in [-0.1, -0.05) is 131 Å². The Hall–Kier alpha value is -2.77. The Labute approximate surface area is 303 Å². The van der Waals surface area contributed by atoms with Gasteiger partial charge in [-0.05, 0) is 83.5 Å². The van der Waals surface area contributed by atoms with Gasteiger partial charge in [0.1, 0.15) is 6.61 Å². The summed E-state index contributed by atoms with van der Waals surface area (Å²) in [6.45, 7) is 3.46. The van der Waals surface area contributed by atoms with Gasteiger partial charge >= 0.3 is 19.8 Å². The third-order valence-electron chi connectivity index (χ3n) is 7.40. The molecule has 0 aromatic rings. The van der Waals surface area contributed by atoms with Crippen molar-refractivity contribution in [2.45, 2.75) is 148 Å². The SMILES string of the molecule is CC/C=C/C/C=C/C/C=C/C/C=C/CCCCC(=O)O[C@H](COC(=O)CCC/C=C/C/C=C/C/C=C/CCCCCCCC)COP(=O)(O)O. The molecule has 2 N–H and O–H groups in total. The lowest BCUT2D eigenvalue weighted by Gasteiger charge is -2.18. The van der Waals surface area contributed by atoms with Crippen molar-refractivity contribution in [1.29, 1.82) is 0 Å². The number of phosphoric acid groups is 1. The molecule has 0 spiro atoms. The number of esters is 2. The van der Waals surface area contributed by atoms with E-state index >= 15 is 0 Å². The van der Waals surface area contributed by atoms with Crippen molar-refractivity contribution in [2.75, 3.05) is 13.2 Å². The highest BCUT2D eigenvalue weighted by Gasteiger charge is 2.22. The lowest BCUT2D eigenvalue weighted by Crippen LogP contribution is -2.29. The van der Waals surface area contributed by atoms with Gasteiger partial charge in [-0.25, -0.2) is 4.57 Å². The minimum absolute atomic E-state index is 0.144. The van der Waals surface area contributed by atoms with Crippen molar-refractivity contribution in [1.82, 2.24) is 0 Å². The van der Waals surface area contributed by atoms with Crippen LogP contribution in [0.2, 0.25) is 0 Å². The van der Waals surface area contributed by atoms with Gasteiger partial charge in [0.2, 0.25) is 0 Å². The first-order valence-electron chi connectivity index (χ1n) is 18.9. The van der Waals surface area contributed by atoms with Gasteiger partial charge in [-0.2, -0.15) is 0 Å². The third-order valence-corrected chi connectivity index (χ3v) is 7.88. The summed E-state index contributed by atoms with van der Waals surface area (Å²) in [4.78, 5) is 42.7. The largest absolute Gasteiger partial charge is 0.469 e. The second kappa shape index (κ2) is 36.0. The van der Waals surface area contributed by atoms with Crippen molar-refractivity contribution in [3.05, 3.63) is 85.1 Å². The van der Waals surface area contributed by atoms with Gasteiger partial charge in [0.05, 0.1) is 6.61 Å². The highest BCUT2D eigenvalue weighted by atomic mass is 31.2. The maximum atomic E-state index is 12.3. The molecule has 284 valence electrons. The molecule has 0 unspecified atom stereocenters. The Morgan fingerprint density at radius 3 is 1.50 bits per heavy atom. The predicted molar refractivity (Wildman–Crippen MR) is 207 cm³/mol. The van der Waals surface area contributed by atoms with E-state index < -0.39 is 32.5 Å². The first-order chi connectivity index (χ1) is 24.3. The summed E-state index contributed by atoms with van der Waals surface area (Å²) in [7, 11) is -4.78. The molecule has 8 nitrogen and oxygen atoms in total. The molecule has 0 aliphatic heterocycles. The first-order valence-corrected chi connectivity index (χ1v) is 20.4. The van der Waals surface area contributed by atoms with Crippen LogP contribution >= 0.6 is 7.82 Å². The van der Waals surface area contributed by atoms with E-state index in [0.717, 1.165) is 64.2 Å². The van der Waals surface area contributed by atoms with Gasteiger partial charge in [0.25, 0.3) is 0 Å². The summed E-state index contributed by atoms with van der Waals surface area (Å²) < 4.78 is 26.2. The van der Waals surface area contributed by atoms with E-state index in [4.69, 9.17) is 19.3 Å². The monoisotopic (exact) mass is 718 g/mol. The fraction of sp³-hybridized carbons (Fsp3) is 0.610. The summed E-state index contributed by atoms with van der Waals surface area (Å²) in [6.07, 6.45) is 47.4. The van der Waals surface area contributed by atoms with Gasteiger partial charge in [-0.3, -0.25) is 14.1 Å². The third kappa shape index (κ3) is 38.0. The van der Waals surface area contributed by atoms with E-state index in [0.29, 0.717) is 12.8 Å². The number of carbonyl (C=O) groups excluding carboxylic acids is 2. The van der Waals surface area contributed by atoms with Crippen LogP contribution in [0.5, 0.6) is 0 Å². The molecular formula is C41H67O8P. The van der Waals surface area contributed by atoms with Crippen molar-refractivity contribution < 1.29 is 37.9 Å². The zero-order valence-corrected chi connectivity index (χ0v) is 31.9. The average molecular weight is 719 g/mol. The Balaban J connectivity index is 4.15. The lowest BCUT2D eigenvalue weighted by atomic mass is 10.1. The van der Waals surface area contributed by atoms with Crippen LogP contribution in [0, 0.1) is 0 Å². The van der Waals surface area contributed by atoms with Gasteiger partial charge in [0, 0.05) is 12.8 Å². The van der Waals surface area contributed by atoms with Crippen molar-refractivity contribution in [3.63, 3.8) is 0 Å². The fourth-order valence-corrected chi connectivity index (χ4v) is 4.97. The van der Waals surface area contributed by atoms with Crippen molar-refractivity contribution in [2.24, 2.45) is 0 Å². The smallest absolute Gasteiger partial charge is 0.462 e. The Morgan fingerprint density at radius 1 is 0.540 bits per heavy atom. The predicted octanol–water partition coefficient (Wildman–Crippen LogP) is 11.3. The summed E-state index contributed by atoms with van der Waals surface area (Å²) in [5.74, 6) is -1.00. The minimum Gasteiger partial charge on any atom is -0.462 e. The highest BCUT2D eigenvalue weighted by molar-refractivity contribution is 7.46. The number of unbranched alkanes of at least 4 members (excludes halogenated alkanes) is 9. The van der Waals surface area contributed by atoms with Crippen LogP contribution in [-0.2, 0) is 28.2 Å². The van der Waals surface area contributed by atoms with E-state index in [-0.39, 0.29) is 19.4 Å². The number of hydrogen-bond donors (Lipinski definition) is 2. The number of hydrogen-bond acceptors (Lipinski definition) is 6. The Morgan fingerprint density at radius 2 is 0.980 bits per heavy atom. The molecule has 0 fully saturated rings. The maximum absolute atomic E-state index is 12.3. The van der Waals surface area contributed by atoms with Gasteiger partial charge < -0.3 is 19.3 Å². The molecule has 9 heteroatoms. The molecule has 0 rings (SSSR count). The fourth-order valence-electron chi connectivity index (χ4n) is 4.61. The zero-order chi connectivity index (χ0) is 36.8. The van der Waals surface area contributed by atoms with Crippen LogP contribution in [0.3, 0.4) is 0 Å². The van der Waals surface area contributed by atoms with E-state index in [1.807, 2.05) is 6.08 Å². The number of allylic oxidation sites excluding steroid dienone is 14. The molecule has 0 aromatic carbocycles. The molecule has 0 aromatic heterocycles. The van der Waals surface area contributed by atoms with Gasteiger partial charge in [0.15, 0.2) is 6.10 Å². The second-order valence-corrected chi connectivity index (χ2v) is 13.4. The first kappa shape index (κ1) is 47.2. The number of rotatable bonds is 33. The summed E-state index contributed by atoms with van der Waals surface area (Å²) >= 11 is 0. The van der Waals surface area contributed by atoms with Crippen LogP contribution in [0.25, 0.3) is 0 Å². The van der Waals surface area contributed by atoms with Crippen molar-refractivity contribution >= 4 is 19.8 Å². The molecule has 0 heterocycles. The minimum atomic E-state index is -4.78. The maximum Gasteiger partial charge on any atom is 0.469 e. The quantitative estimate of drug-likeness (QED) is 0.0298. The molecule has 0 amide bonds. The van der Waals surface area contributed by atoms with E-state index in [1.54, 1.807) is 0 Å². The molecule has 0 saturated carbocycles.